The Bertz CT molecular complexity index is 741. The van der Waals surface area contributed by atoms with E-state index >= 15 is 0 Å². The number of benzene rings is 1. The summed E-state index contributed by atoms with van der Waals surface area (Å²) in [6.07, 6.45) is -3.68. The van der Waals surface area contributed by atoms with Gasteiger partial charge in [0.25, 0.3) is 5.91 Å². The number of rotatable bonds is 5. The summed E-state index contributed by atoms with van der Waals surface area (Å²) in [6, 6.07) is 8.13. The summed E-state index contributed by atoms with van der Waals surface area (Å²) < 4.78 is 39.5. The van der Waals surface area contributed by atoms with Crippen molar-refractivity contribution in [2.24, 2.45) is 7.05 Å². The number of carbonyl (C=O) groups is 2. The summed E-state index contributed by atoms with van der Waals surface area (Å²) in [5.41, 5.74) is -0.348. The predicted octanol–water partition coefficient (Wildman–Crippen LogP) is 2.32. The third-order valence-electron chi connectivity index (χ3n) is 3.25. The lowest BCUT2D eigenvalue weighted by molar-refractivity contribution is -0.141. The van der Waals surface area contributed by atoms with Crippen LogP contribution >= 0.6 is 0 Å². The van der Waals surface area contributed by atoms with Crippen LogP contribution in [0.15, 0.2) is 36.5 Å². The van der Waals surface area contributed by atoms with Crippen LogP contribution in [0.3, 0.4) is 0 Å². The van der Waals surface area contributed by atoms with Gasteiger partial charge in [-0.2, -0.15) is 18.3 Å². The van der Waals surface area contributed by atoms with Crippen molar-refractivity contribution in [1.82, 2.24) is 14.7 Å². The van der Waals surface area contributed by atoms with Gasteiger partial charge in [0, 0.05) is 13.6 Å². The van der Waals surface area contributed by atoms with Gasteiger partial charge in [0.1, 0.15) is 17.8 Å². The number of nitrogens with zero attached hydrogens (tertiary/aromatic N) is 3. The Balaban J connectivity index is 2.38. The number of carbonyl (C=O) groups excluding carboxylic acids is 1. The van der Waals surface area contributed by atoms with Crippen molar-refractivity contribution in [2.45, 2.75) is 12.7 Å². The molecule has 0 aliphatic carbocycles. The Morgan fingerprint density at radius 3 is 2.42 bits per heavy atom. The minimum atomic E-state index is -4.62. The van der Waals surface area contributed by atoms with E-state index in [0.29, 0.717) is 10.5 Å². The maximum atomic E-state index is 12.8. The molecule has 0 atom stereocenters. The van der Waals surface area contributed by atoms with Crippen molar-refractivity contribution >= 4 is 11.9 Å². The van der Waals surface area contributed by atoms with Crippen LogP contribution < -0.4 is 0 Å². The van der Waals surface area contributed by atoms with Crippen LogP contribution in [-0.4, -0.2) is 44.4 Å². The van der Waals surface area contributed by atoms with Crippen molar-refractivity contribution < 1.29 is 27.9 Å². The van der Waals surface area contributed by atoms with Crippen molar-refractivity contribution in [3.8, 4) is 0 Å². The largest absolute Gasteiger partial charge is 0.478 e. The molecule has 1 aromatic heterocycles. The summed E-state index contributed by atoms with van der Waals surface area (Å²) in [4.78, 5) is 24.2. The maximum Gasteiger partial charge on any atom is 0.406 e. The van der Waals surface area contributed by atoms with Crippen LogP contribution in [0.1, 0.15) is 26.4 Å². The van der Waals surface area contributed by atoms with Gasteiger partial charge in [-0.05, 0) is 5.56 Å². The molecule has 1 N–H and O–H groups in total. The molecule has 0 saturated heterocycles. The SMILES string of the molecule is Cn1ncc(C(=O)O)c1C(=O)N(Cc1ccccc1)CC(F)(F)F. The molecule has 128 valence electrons. The van der Waals surface area contributed by atoms with Crippen LogP contribution in [0.4, 0.5) is 13.2 Å². The zero-order chi connectivity index (χ0) is 17.9. The van der Waals surface area contributed by atoms with E-state index in [2.05, 4.69) is 5.10 Å². The molecule has 1 heterocycles. The number of carboxylic acid groups (broad SMARTS) is 1. The highest BCUT2D eigenvalue weighted by Gasteiger charge is 2.35. The van der Waals surface area contributed by atoms with E-state index in [1.54, 1.807) is 30.3 Å². The molecule has 1 aromatic carbocycles. The molecule has 0 bridgehead atoms. The van der Waals surface area contributed by atoms with E-state index in [1.807, 2.05) is 0 Å². The molecule has 2 rings (SSSR count). The lowest BCUT2D eigenvalue weighted by Gasteiger charge is -2.24. The highest BCUT2D eigenvalue weighted by Crippen LogP contribution is 2.21. The topological polar surface area (TPSA) is 75.4 Å². The quantitative estimate of drug-likeness (QED) is 0.906. The first-order valence-corrected chi connectivity index (χ1v) is 6.84. The number of hydrogen-bond donors (Lipinski definition) is 1. The summed E-state index contributed by atoms with van der Waals surface area (Å²) in [6.45, 7) is -1.80. The fourth-order valence-corrected chi connectivity index (χ4v) is 2.22. The molecule has 0 unspecified atom stereocenters. The van der Waals surface area contributed by atoms with Gasteiger partial charge >= 0.3 is 12.1 Å². The Kier molecular flexibility index (Phi) is 4.91. The zero-order valence-corrected chi connectivity index (χ0v) is 12.6. The smallest absolute Gasteiger partial charge is 0.406 e. The molecule has 6 nitrogen and oxygen atoms in total. The monoisotopic (exact) mass is 341 g/mol. The Hall–Kier alpha value is -2.84. The van der Waals surface area contributed by atoms with Crippen LogP contribution in [0.25, 0.3) is 0 Å². The average molecular weight is 341 g/mol. The molecule has 1 amide bonds. The van der Waals surface area contributed by atoms with Crippen LogP contribution in [-0.2, 0) is 13.6 Å². The van der Waals surface area contributed by atoms with E-state index in [1.165, 1.54) is 7.05 Å². The molecule has 9 heteroatoms. The van der Waals surface area contributed by atoms with Gasteiger partial charge in [0.15, 0.2) is 0 Å². The Morgan fingerprint density at radius 1 is 1.25 bits per heavy atom. The van der Waals surface area contributed by atoms with Gasteiger partial charge < -0.3 is 10.0 Å². The van der Waals surface area contributed by atoms with Gasteiger partial charge in [-0.3, -0.25) is 9.48 Å². The molecule has 0 saturated carbocycles. The fourth-order valence-electron chi connectivity index (χ4n) is 2.22. The number of amides is 1. The number of hydrogen-bond acceptors (Lipinski definition) is 3. The third-order valence-corrected chi connectivity index (χ3v) is 3.25. The number of carboxylic acids is 1. The minimum absolute atomic E-state index is 0.302. The first-order valence-electron chi connectivity index (χ1n) is 6.84. The zero-order valence-electron chi connectivity index (χ0n) is 12.6. The van der Waals surface area contributed by atoms with E-state index < -0.39 is 35.9 Å². The van der Waals surface area contributed by atoms with Crippen molar-refractivity contribution in [1.29, 1.82) is 0 Å². The third kappa shape index (κ3) is 4.12. The normalized spacial score (nSPS) is 11.3. The summed E-state index contributed by atoms with van der Waals surface area (Å²) in [5.74, 6) is -2.48. The molecule has 0 spiro atoms. The molecule has 0 fully saturated rings. The number of halogens is 3. The molecule has 24 heavy (non-hydrogen) atoms. The second kappa shape index (κ2) is 6.73. The van der Waals surface area contributed by atoms with Crippen LogP contribution in [0.5, 0.6) is 0 Å². The second-order valence-corrected chi connectivity index (χ2v) is 5.10. The van der Waals surface area contributed by atoms with Crippen molar-refractivity contribution in [2.75, 3.05) is 6.54 Å². The fraction of sp³-hybridized carbons (Fsp3) is 0.267. The van der Waals surface area contributed by atoms with E-state index in [0.717, 1.165) is 10.9 Å². The average Bonchev–Trinajstić information content (AvgIpc) is 2.87. The van der Waals surface area contributed by atoms with Crippen LogP contribution in [0.2, 0.25) is 0 Å². The van der Waals surface area contributed by atoms with Crippen molar-refractivity contribution in [3.63, 3.8) is 0 Å². The molecule has 0 radical (unpaired) electrons. The Labute approximate surface area is 135 Å². The molecular weight excluding hydrogens is 327 g/mol. The van der Waals surface area contributed by atoms with Crippen LogP contribution in [0, 0.1) is 0 Å². The van der Waals surface area contributed by atoms with Gasteiger partial charge in [-0.1, -0.05) is 30.3 Å². The summed E-state index contributed by atoms with van der Waals surface area (Å²) in [5, 5.41) is 12.7. The lowest BCUT2D eigenvalue weighted by atomic mass is 10.1. The molecule has 2 aromatic rings. The molecule has 0 aliphatic heterocycles. The van der Waals surface area contributed by atoms with E-state index in [-0.39, 0.29) is 6.54 Å². The van der Waals surface area contributed by atoms with E-state index in [4.69, 9.17) is 5.11 Å². The minimum Gasteiger partial charge on any atom is -0.478 e. The van der Waals surface area contributed by atoms with E-state index in [9.17, 15) is 22.8 Å². The number of aromatic carboxylic acids is 1. The number of aryl methyl sites for hydroxylation is 1. The first kappa shape index (κ1) is 17.5. The van der Waals surface area contributed by atoms with Crippen molar-refractivity contribution in [3.05, 3.63) is 53.3 Å². The lowest BCUT2D eigenvalue weighted by Crippen LogP contribution is -2.39. The van der Waals surface area contributed by atoms with Gasteiger partial charge in [-0.15, -0.1) is 0 Å². The first-order chi connectivity index (χ1) is 11.2. The summed E-state index contributed by atoms with van der Waals surface area (Å²) in [7, 11) is 1.30. The second-order valence-electron chi connectivity index (χ2n) is 5.10. The molecular formula is C15H14F3N3O3. The maximum absolute atomic E-state index is 12.8. The number of alkyl halides is 3. The standard InChI is InChI=1S/C15H14F3N3O3/c1-20-12(11(7-19-20)14(23)24)13(22)21(9-15(16,17)18)8-10-5-3-2-4-6-10/h2-7H,8-9H2,1H3,(H,23,24). The summed E-state index contributed by atoms with van der Waals surface area (Å²) >= 11 is 0. The Morgan fingerprint density at radius 2 is 1.88 bits per heavy atom. The number of aromatic nitrogens is 2. The molecule has 0 aliphatic rings. The van der Waals surface area contributed by atoms with Gasteiger partial charge in [0.05, 0.1) is 6.20 Å². The predicted molar refractivity (Wildman–Crippen MR) is 77.4 cm³/mol. The highest BCUT2D eigenvalue weighted by atomic mass is 19.4. The van der Waals surface area contributed by atoms with Gasteiger partial charge in [-0.25, -0.2) is 4.79 Å². The van der Waals surface area contributed by atoms with Gasteiger partial charge in [0.2, 0.25) is 0 Å². The highest BCUT2D eigenvalue weighted by molar-refractivity contribution is 6.03.